The fourth-order valence-corrected chi connectivity index (χ4v) is 4.74. The first-order chi connectivity index (χ1) is 15.5. The molecule has 2 aliphatic heterocycles. The van der Waals surface area contributed by atoms with Crippen LogP contribution in [-0.4, -0.2) is 25.3 Å². The summed E-state index contributed by atoms with van der Waals surface area (Å²) < 4.78 is 0. The normalized spacial score (nSPS) is 21.4. The molecule has 8 bridgehead atoms. The number of rotatable bonds is 1. The highest BCUT2D eigenvalue weighted by Crippen LogP contribution is 2.42. The summed E-state index contributed by atoms with van der Waals surface area (Å²) in [7, 11) is 0. The van der Waals surface area contributed by atoms with E-state index in [0.29, 0.717) is 0 Å². The SMILES string of the molecule is ClC1C=CC=CC1(Cl)c1cc2cc3nc(cc4ccc(cc5nc(cc1[nH]2)C=C5)[nH]4)C=C3. The minimum absolute atomic E-state index is 0.379. The van der Waals surface area contributed by atoms with Crippen molar-refractivity contribution in [2.75, 3.05) is 0 Å². The third-order valence-electron chi connectivity index (χ3n) is 5.71. The van der Waals surface area contributed by atoms with Crippen LogP contribution in [0.15, 0.2) is 66.8 Å². The molecular weight excluding hydrogens is 439 g/mol. The molecule has 6 heteroatoms. The van der Waals surface area contributed by atoms with Gasteiger partial charge in [0.2, 0.25) is 0 Å². The quantitative estimate of drug-likeness (QED) is 0.271. The van der Waals surface area contributed by atoms with Crippen molar-refractivity contribution in [3.8, 4) is 0 Å². The van der Waals surface area contributed by atoms with Crippen LogP contribution in [0.3, 0.4) is 0 Å². The molecule has 0 saturated heterocycles. The molecule has 5 heterocycles. The summed E-state index contributed by atoms with van der Waals surface area (Å²) in [4.78, 5) is 15.5. The predicted molar refractivity (Wildman–Crippen MR) is 134 cm³/mol. The zero-order valence-corrected chi connectivity index (χ0v) is 18.4. The van der Waals surface area contributed by atoms with E-state index in [2.05, 4.69) is 9.97 Å². The van der Waals surface area contributed by atoms with Crippen molar-refractivity contribution in [1.29, 1.82) is 0 Å². The van der Waals surface area contributed by atoms with E-state index in [9.17, 15) is 0 Å². The van der Waals surface area contributed by atoms with Crippen LogP contribution in [0.4, 0.5) is 0 Å². The van der Waals surface area contributed by atoms with Gasteiger partial charge in [0.25, 0.3) is 0 Å². The van der Waals surface area contributed by atoms with Crippen molar-refractivity contribution in [2.45, 2.75) is 10.3 Å². The average Bonchev–Trinajstić information content (AvgIpc) is 3.55. The summed E-state index contributed by atoms with van der Waals surface area (Å²) in [6, 6.07) is 14.2. The van der Waals surface area contributed by atoms with Gasteiger partial charge in [0.1, 0.15) is 4.87 Å². The van der Waals surface area contributed by atoms with E-state index in [1.54, 1.807) is 0 Å². The number of halogens is 2. The highest BCUT2D eigenvalue weighted by atomic mass is 35.5. The number of H-pyrrole nitrogens is 2. The van der Waals surface area contributed by atoms with E-state index in [1.165, 1.54) is 0 Å². The molecular formula is C26H18Cl2N4. The van der Waals surface area contributed by atoms with Crippen molar-refractivity contribution in [3.05, 3.63) is 95.1 Å². The number of fused-ring (bicyclic) bond motifs is 8. The van der Waals surface area contributed by atoms with Gasteiger partial charge in [-0.1, -0.05) is 24.3 Å². The fraction of sp³-hybridized carbons (Fsp3) is 0.0769. The number of allylic oxidation sites excluding steroid dienone is 4. The third kappa shape index (κ3) is 3.42. The van der Waals surface area contributed by atoms with Gasteiger partial charge in [-0.05, 0) is 66.8 Å². The summed E-state index contributed by atoms with van der Waals surface area (Å²) >= 11 is 13.7. The molecule has 3 aromatic heterocycles. The lowest BCUT2D eigenvalue weighted by atomic mass is 9.91. The summed E-state index contributed by atoms with van der Waals surface area (Å²) in [6.45, 7) is 0. The van der Waals surface area contributed by atoms with E-state index in [-0.39, 0.29) is 5.38 Å². The maximum atomic E-state index is 7.08. The molecule has 156 valence electrons. The van der Waals surface area contributed by atoms with Crippen LogP contribution in [0.2, 0.25) is 0 Å². The van der Waals surface area contributed by atoms with Crippen LogP contribution < -0.4 is 0 Å². The third-order valence-corrected chi connectivity index (χ3v) is 6.88. The molecule has 0 saturated carbocycles. The van der Waals surface area contributed by atoms with Gasteiger partial charge in [0.05, 0.1) is 28.2 Å². The topological polar surface area (TPSA) is 57.4 Å². The monoisotopic (exact) mass is 456 g/mol. The Hall–Kier alpha value is -3.34. The van der Waals surface area contributed by atoms with Gasteiger partial charge in [-0.25, -0.2) is 9.97 Å². The van der Waals surface area contributed by atoms with E-state index >= 15 is 0 Å². The number of aromatic nitrogens is 4. The summed E-state index contributed by atoms with van der Waals surface area (Å²) in [5.74, 6) is 0. The van der Waals surface area contributed by atoms with Crippen molar-refractivity contribution < 1.29 is 0 Å². The lowest BCUT2D eigenvalue weighted by Gasteiger charge is -2.28. The molecule has 0 spiro atoms. The molecule has 1 aliphatic carbocycles. The van der Waals surface area contributed by atoms with Crippen molar-refractivity contribution >= 4 is 69.6 Å². The first-order valence-electron chi connectivity index (χ1n) is 10.3. The Morgan fingerprint density at radius 1 is 0.719 bits per heavy atom. The molecule has 0 fully saturated rings. The smallest absolute Gasteiger partial charge is 0.110 e. The van der Waals surface area contributed by atoms with Crippen LogP contribution in [-0.2, 0) is 4.87 Å². The Bertz CT molecular complexity index is 1520. The second-order valence-electron chi connectivity index (χ2n) is 8.00. The second kappa shape index (κ2) is 7.37. The number of hydrogen-bond donors (Lipinski definition) is 2. The van der Waals surface area contributed by atoms with Gasteiger partial charge >= 0.3 is 0 Å². The molecule has 0 radical (unpaired) electrons. The Kier molecular flexibility index (Phi) is 4.46. The Morgan fingerprint density at radius 3 is 1.94 bits per heavy atom. The Morgan fingerprint density at radius 2 is 1.31 bits per heavy atom. The van der Waals surface area contributed by atoms with Gasteiger partial charge < -0.3 is 9.97 Å². The maximum Gasteiger partial charge on any atom is 0.110 e. The highest BCUT2D eigenvalue weighted by molar-refractivity contribution is 6.35. The first-order valence-corrected chi connectivity index (χ1v) is 11.1. The molecule has 2 N–H and O–H groups in total. The minimum Gasteiger partial charge on any atom is -0.355 e. The lowest BCUT2D eigenvalue weighted by Crippen LogP contribution is -2.27. The van der Waals surface area contributed by atoms with Crippen molar-refractivity contribution in [3.63, 3.8) is 0 Å². The molecule has 3 aromatic rings. The number of nitrogens with one attached hydrogen (secondary N) is 2. The van der Waals surface area contributed by atoms with Crippen LogP contribution in [0.5, 0.6) is 0 Å². The minimum atomic E-state index is -0.867. The predicted octanol–water partition coefficient (Wildman–Crippen LogP) is 6.82. The highest BCUT2D eigenvalue weighted by Gasteiger charge is 2.36. The largest absolute Gasteiger partial charge is 0.355 e. The van der Waals surface area contributed by atoms with Gasteiger partial charge in [0, 0.05) is 27.6 Å². The first kappa shape index (κ1) is 19.4. The maximum absolute atomic E-state index is 7.08. The van der Waals surface area contributed by atoms with E-state index < -0.39 is 4.87 Å². The Balaban J connectivity index is 1.67. The zero-order chi connectivity index (χ0) is 21.7. The number of hydrogen-bond acceptors (Lipinski definition) is 2. The van der Waals surface area contributed by atoms with Crippen LogP contribution >= 0.6 is 23.2 Å². The van der Waals surface area contributed by atoms with Crippen LogP contribution in [0.1, 0.15) is 28.3 Å². The summed E-state index contributed by atoms with van der Waals surface area (Å²) in [5.41, 5.74) is 8.11. The Labute approximate surface area is 194 Å². The molecule has 4 nitrogen and oxygen atoms in total. The standard InChI is InChI=1S/C26H18Cl2N4/c27-25-3-1-2-10-26(25,28)23-14-22-13-20-7-6-18(30-20)11-16-4-5-17(29-16)12-19-8-9-21(31-19)15-24(23)32-22/h1-15,25,29,32H. The molecule has 3 aliphatic rings. The molecule has 6 rings (SSSR count). The van der Waals surface area contributed by atoms with Gasteiger partial charge in [0.15, 0.2) is 0 Å². The lowest BCUT2D eigenvalue weighted by molar-refractivity contribution is 0.780. The molecule has 2 atom stereocenters. The van der Waals surface area contributed by atoms with Crippen LogP contribution in [0.25, 0.3) is 46.4 Å². The van der Waals surface area contributed by atoms with Crippen molar-refractivity contribution in [1.82, 2.24) is 19.9 Å². The summed E-state index contributed by atoms with van der Waals surface area (Å²) in [5, 5.41) is -0.379. The van der Waals surface area contributed by atoms with Gasteiger partial charge in [-0.15, -0.1) is 23.2 Å². The number of aromatic amines is 2. The molecule has 0 aromatic carbocycles. The number of nitrogens with zero attached hydrogens (tertiary/aromatic N) is 2. The molecule has 2 unspecified atom stereocenters. The second-order valence-corrected chi connectivity index (χ2v) is 9.10. The van der Waals surface area contributed by atoms with E-state index in [0.717, 1.165) is 50.4 Å². The van der Waals surface area contributed by atoms with Crippen molar-refractivity contribution in [2.24, 2.45) is 0 Å². The zero-order valence-electron chi connectivity index (χ0n) is 16.9. The van der Waals surface area contributed by atoms with Crippen LogP contribution in [0, 0.1) is 0 Å². The van der Waals surface area contributed by atoms with Gasteiger partial charge in [-0.2, -0.15) is 0 Å². The molecule has 0 amide bonds. The molecule has 32 heavy (non-hydrogen) atoms. The summed E-state index contributed by atoms with van der Waals surface area (Å²) in [6.07, 6.45) is 15.7. The average molecular weight is 457 g/mol. The fourth-order valence-electron chi connectivity index (χ4n) is 4.16. The van der Waals surface area contributed by atoms with E-state index in [4.69, 9.17) is 33.2 Å². The van der Waals surface area contributed by atoms with Gasteiger partial charge in [-0.3, -0.25) is 0 Å². The number of alkyl halides is 2. The van der Waals surface area contributed by atoms with E-state index in [1.807, 2.05) is 91.1 Å².